The van der Waals surface area contributed by atoms with E-state index in [9.17, 15) is 4.39 Å². The third-order valence-corrected chi connectivity index (χ3v) is 3.79. The van der Waals surface area contributed by atoms with Crippen molar-refractivity contribution in [2.24, 2.45) is 11.7 Å². The fourth-order valence-electron chi connectivity index (χ4n) is 2.27. The van der Waals surface area contributed by atoms with Gasteiger partial charge in [-0.3, -0.25) is 0 Å². The molecule has 1 aliphatic heterocycles. The molecule has 2 rings (SSSR count). The van der Waals surface area contributed by atoms with Gasteiger partial charge in [-0.15, -0.1) is 0 Å². The second-order valence-electron chi connectivity index (χ2n) is 4.74. The molecule has 1 fully saturated rings. The maximum atomic E-state index is 13.6. The van der Waals surface area contributed by atoms with Crippen molar-refractivity contribution < 1.29 is 9.13 Å². The van der Waals surface area contributed by atoms with E-state index in [1.165, 1.54) is 6.07 Å². The summed E-state index contributed by atoms with van der Waals surface area (Å²) in [5.41, 5.74) is 6.80. The van der Waals surface area contributed by atoms with Crippen LogP contribution in [0.3, 0.4) is 0 Å². The molecule has 0 radical (unpaired) electrons. The Morgan fingerprint density at radius 3 is 3.00 bits per heavy atom. The van der Waals surface area contributed by atoms with Crippen molar-refractivity contribution in [2.45, 2.75) is 31.9 Å². The van der Waals surface area contributed by atoms with Crippen LogP contribution in [0.5, 0.6) is 0 Å². The normalized spacial score (nSPS) is 26.1. The molecule has 2 N–H and O–H groups in total. The van der Waals surface area contributed by atoms with E-state index in [0.29, 0.717) is 24.5 Å². The topological polar surface area (TPSA) is 35.2 Å². The first-order valence-corrected chi connectivity index (χ1v) is 6.66. The minimum atomic E-state index is -0.185. The summed E-state index contributed by atoms with van der Waals surface area (Å²) in [6.45, 7) is 2.74. The number of rotatable bonds is 3. The van der Waals surface area contributed by atoms with Crippen LogP contribution in [0.1, 0.15) is 18.9 Å². The standard InChI is InChI=1S/C13H17BrFNO/c1-8-4-10(7-17-8)13(16)6-9-5-11(14)2-3-12(9)15/h2-3,5,8,10,13H,4,6-7,16H2,1H3. The first kappa shape index (κ1) is 13.0. The fourth-order valence-corrected chi connectivity index (χ4v) is 2.68. The third-order valence-electron chi connectivity index (χ3n) is 3.30. The number of benzene rings is 1. The van der Waals surface area contributed by atoms with Gasteiger partial charge in [0.05, 0.1) is 12.7 Å². The highest BCUT2D eigenvalue weighted by molar-refractivity contribution is 9.10. The van der Waals surface area contributed by atoms with Crippen LogP contribution in [-0.2, 0) is 11.2 Å². The average molecular weight is 302 g/mol. The predicted molar refractivity (Wildman–Crippen MR) is 69.3 cm³/mol. The SMILES string of the molecule is CC1CC(C(N)Cc2cc(Br)ccc2F)CO1. The van der Waals surface area contributed by atoms with Crippen LogP contribution in [0.15, 0.2) is 22.7 Å². The van der Waals surface area contributed by atoms with Crippen LogP contribution in [0.2, 0.25) is 0 Å². The van der Waals surface area contributed by atoms with Crippen LogP contribution in [0.25, 0.3) is 0 Å². The van der Waals surface area contributed by atoms with E-state index in [1.807, 2.05) is 6.92 Å². The van der Waals surface area contributed by atoms with E-state index in [2.05, 4.69) is 15.9 Å². The number of hydrogen-bond donors (Lipinski definition) is 1. The minimum absolute atomic E-state index is 0.0382. The van der Waals surface area contributed by atoms with Gasteiger partial charge < -0.3 is 10.5 Å². The van der Waals surface area contributed by atoms with Gasteiger partial charge in [-0.1, -0.05) is 15.9 Å². The highest BCUT2D eigenvalue weighted by Crippen LogP contribution is 2.24. The highest BCUT2D eigenvalue weighted by Gasteiger charge is 2.27. The predicted octanol–water partition coefficient (Wildman–Crippen LogP) is 2.88. The first-order valence-electron chi connectivity index (χ1n) is 5.87. The Hall–Kier alpha value is -0.450. The highest BCUT2D eigenvalue weighted by atomic mass is 79.9. The summed E-state index contributed by atoms with van der Waals surface area (Å²) in [4.78, 5) is 0. The van der Waals surface area contributed by atoms with Crippen molar-refractivity contribution in [3.05, 3.63) is 34.1 Å². The zero-order chi connectivity index (χ0) is 12.4. The molecule has 1 aliphatic rings. The Morgan fingerprint density at radius 2 is 2.35 bits per heavy atom. The number of halogens is 2. The molecule has 94 valence electrons. The average Bonchev–Trinajstić information content (AvgIpc) is 2.70. The quantitative estimate of drug-likeness (QED) is 0.932. The zero-order valence-corrected chi connectivity index (χ0v) is 11.4. The van der Waals surface area contributed by atoms with Gasteiger partial charge in [-0.25, -0.2) is 4.39 Å². The van der Waals surface area contributed by atoms with Crippen molar-refractivity contribution in [3.63, 3.8) is 0 Å². The summed E-state index contributed by atoms with van der Waals surface area (Å²) in [5, 5.41) is 0. The van der Waals surface area contributed by atoms with Crippen molar-refractivity contribution >= 4 is 15.9 Å². The first-order chi connectivity index (χ1) is 8.06. The van der Waals surface area contributed by atoms with Crippen molar-refractivity contribution in [3.8, 4) is 0 Å². The van der Waals surface area contributed by atoms with Gasteiger partial charge in [0, 0.05) is 16.4 Å². The van der Waals surface area contributed by atoms with E-state index in [0.717, 1.165) is 10.9 Å². The third kappa shape index (κ3) is 3.27. The maximum Gasteiger partial charge on any atom is 0.126 e. The molecule has 0 amide bonds. The molecule has 1 heterocycles. The molecule has 3 atom stereocenters. The Kier molecular flexibility index (Phi) is 4.17. The Morgan fingerprint density at radius 1 is 1.59 bits per heavy atom. The van der Waals surface area contributed by atoms with Crippen LogP contribution in [0.4, 0.5) is 4.39 Å². The van der Waals surface area contributed by atoms with E-state index in [4.69, 9.17) is 10.5 Å². The van der Waals surface area contributed by atoms with E-state index in [-0.39, 0.29) is 18.0 Å². The van der Waals surface area contributed by atoms with Gasteiger partial charge in [0.1, 0.15) is 5.82 Å². The lowest BCUT2D eigenvalue weighted by Gasteiger charge is -2.18. The summed E-state index contributed by atoms with van der Waals surface area (Å²) in [5.74, 6) is 0.152. The van der Waals surface area contributed by atoms with E-state index < -0.39 is 0 Å². The van der Waals surface area contributed by atoms with Gasteiger partial charge in [0.15, 0.2) is 0 Å². The summed E-state index contributed by atoms with van der Waals surface area (Å²) < 4.78 is 20.0. The molecule has 0 saturated carbocycles. The molecular weight excluding hydrogens is 285 g/mol. The molecule has 0 spiro atoms. The molecule has 0 aliphatic carbocycles. The van der Waals surface area contributed by atoms with E-state index in [1.54, 1.807) is 12.1 Å². The van der Waals surface area contributed by atoms with E-state index >= 15 is 0 Å². The number of ether oxygens (including phenoxy) is 1. The van der Waals surface area contributed by atoms with Gasteiger partial charge in [0.25, 0.3) is 0 Å². The fraction of sp³-hybridized carbons (Fsp3) is 0.538. The molecule has 3 unspecified atom stereocenters. The summed E-state index contributed by atoms with van der Waals surface area (Å²) in [6, 6.07) is 4.93. The van der Waals surface area contributed by atoms with Crippen molar-refractivity contribution in [1.82, 2.24) is 0 Å². The molecule has 4 heteroatoms. The summed E-state index contributed by atoms with van der Waals surface area (Å²) in [7, 11) is 0. The Labute approximate surface area is 109 Å². The van der Waals surface area contributed by atoms with Crippen LogP contribution < -0.4 is 5.73 Å². The second-order valence-corrected chi connectivity index (χ2v) is 5.66. The lowest BCUT2D eigenvalue weighted by Crippen LogP contribution is -2.33. The minimum Gasteiger partial charge on any atom is -0.378 e. The summed E-state index contributed by atoms with van der Waals surface area (Å²) >= 11 is 3.35. The molecule has 17 heavy (non-hydrogen) atoms. The number of hydrogen-bond acceptors (Lipinski definition) is 2. The van der Waals surface area contributed by atoms with Crippen LogP contribution in [-0.4, -0.2) is 18.8 Å². The maximum absolute atomic E-state index is 13.6. The zero-order valence-electron chi connectivity index (χ0n) is 9.83. The van der Waals surface area contributed by atoms with Crippen molar-refractivity contribution in [2.75, 3.05) is 6.61 Å². The molecule has 1 aromatic rings. The number of nitrogens with two attached hydrogens (primary N) is 1. The molecule has 2 nitrogen and oxygen atoms in total. The molecule has 1 aromatic carbocycles. The second kappa shape index (κ2) is 5.46. The molecular formula is C13H17BrFNO. The van der Waals surface area contributed by atoms with Crippen LogP contribution in [0, 0.1) is 11.7 Å². The monoisotopic (exact) mass is 301 g/mol. The molecule has 1 saturated heterocycles. The van der Waals surface area contributed by atoms with Gasteiger partial charge in [-0.05, 0) is 43.5 Å². The van der Waals surface area contributed by atoms with Crippen molar-refractivity contribution in [1.29, 1.82) is 0 Å². The Balaban J connectivity index is 2.02. The lowest BCUT2D eigenvalue weighted by molar-refractivity contribution is 0.118. The van der Waals surface area contributed by atoms with Gasteiger partial charge in [-0.2, -0.15) is 0 Å². The lowest BCUT2D eigenvalue weighted by atomic mass is 9.92. The summed E-state index contributed by atoms with van der Waals surface area (Å²) in [6.07, 6.45) is 1.81. The molecule has 0 bridgehead atoms. The van der Waals surface area contributed by atoms with Gasteiger partial charge >= 0.3 is 0 Å². The van der Waals surface area contributed by atoms with Gasteiger partial charge in [0.2, 0.25) is 0 Å². The smallest absolute Gasteiger partial charge is 0.126 e. The largest absolute Gasteiger partial charge is 0.378 e. The van der Waals surface area contributed by atoms with Crippen LogP contribution >= 0.6 is 15.9 Å². The Bertz CT molecular complexity index is 399. The molecule has 0 aromatic heterocycles.